The number of hydrogen-bond donors (Lipinski definition) is 1. The molecule has 1 unspecified atom stereocenters. The summed E-state index contributed by atoms with van der Waals surface area (Å²) in [4.78, 5) is 1.76. The molecule has 1 atom stereocenters. The van der Waals surface area contributed by atoms with Crippen LogP contribution in [0.15, 0.2) is 12.1 Å². The molecule has 0 aliphatic carbocycles. The minimum atomic E-state index is -4.31. The quantitative estimate of drug-likeness (QED) is 0.876. The molecule has 86 valence electrons. The van der Waals surface area contributed by atoms with Gasteiger partial charge in [0.1, 0.15) is 12.7 Å². The summed E-state index contributed by atoms with van der Waals surface area (Å²) < 4.78 is 40.4. The molecular formula is C9H12F3NOS. The van der Waals surface area contributed by atoms with Crippen molar-refractivity contribution in [1.82, 2.24) is 0 Å². The van der Waals surface area contributed by atoms with Gasteiger partial charge in [-0.15, -0.1) is 11.3 Å². The van der Waals surface area contributed by atoms with Crippen LogP contribution in [-0.2, 0) is 4.74 Å². The number of thiophene rings is 1. The number of rotatable bonds is 4. The molecule has 0 aromatic carbocycles. The summed E-state index contributed by atoms with van der Waals surface area (Å²) in [7, 11) is 0. The highest BCUT2D eigenvalue weighted by molar-refractivity contribution is 7.12. The van der Waals surface area contributed by atoms with Gasteiger partial charge in [-0.2, -0.15) is 13.2 Å². The van der Waals surface area contributed by atoms with E-state index in [9.17, 15) is 13.2 Å². The summed E-state index contributed by atoms with van der Waals surface area (Å²) in [6.07, 6.45) is -4.97. The molecule has 0 saturated carbocycles. The Bertz CT molecular complexity index is 311. The smallest absolute Gasteiger partial charge is 0.362 e. The summed E-state index contributed by atoms with van der Waals surface area (Å²) in [6.45, 7) is 0.674. The maximum Gasteiger partial charge on any atom is 0.411 e. The molecule has 0 saturated heterocycles. The highest BCUT2D eigenvalue weighted by Gasteiger charge is 2.29. The van der Waals surface area contributed by atoms with Crippen molar-refractivity contribution in [1.29, 1.82) is 0 Å². The van der Waals surface area contributed by atoms with E-state index in [1.165, 1.54) is 11.3 Å². The normalized spacial score (nSPS) is 14.2. The Morgan fingerprint density at radius 1 is 1.47 bits per heavy atom. The molecule has 0 aliphatic heterocycles. The highest BCUT2D eigenvalue weighted by Crippen LogP contribution is 2.26. The third-order valence-corrected chi connectivity index (χ3v) is 2.83. The molecule has 6 heteroatoms. The SMILES string of the molecule is Cc1ccc(C(CN)OCC(F)(F)F)s1. The van der Waals surface area contributed by atoms with Crippen molar-refractivity contribution in [3.63, 3.8) is 0 Å². The lowest BCUT2D eigenvalue weighted by molar-refractivity contribution is -0.184. The van der Waals surface area contributed by atoms with Gasteiger partial charge in [0.25, 0.3) is 0 Å². The van der Waals surface area contributed by atoms with E-state index in [2.05, 4.69) is 0 Å². The topological polar surface area (TPSA) is 35.2 Å². The fourth-order valence-electron chi connectivity index (χ4n) is 1.09. The highest BCUT2D eigenvalue weighted by atomic mass is 32.1. The lowest BCUT2D eigenvalue weighted by atomic mass is 10.3. The second-order valence-electron chi connectivity index (χ2n) is 3.10. The minimum Gasteiger partial charge on any atom is -0.362 e. The van der Waals surface area contributed by atoms with Gasteiger partial charge in [-0.3, -0.25) is 0 Å². The molecule has 1 heterocycles. The van der Waals surface area contributed by atoms with E-state index in [0.717, 1.165) is 9.75 Å². The second-order valence-corrected chi connectivity index (χ2v) is 4.42. The minimum absolute atomic E-state index is 0.0516. The van der Waals surface area contributed by atoms with E-state index < -0.39 is 18.9 Å². The van der Waals surface area contributed by atoms with Gasteiger partial charge in [0, 0.05) is 16.3 Å². The van der Waals surface area contributed by atoms with E-state index >= 15 is 0 Å². The molecule has 1 aromatic rings. The number of ether oxygens (including phenoxy) is 1. The van der Waals surface area contributed by atoms with Crippen molar-refractivity contribution in [3.8, 4) is 0 Å². The van der Waals surface area contributed by atoms with Crippen LogP contribution in [0.1, 0.15) is 15.9 Å². The molecule has 0 radical (unpaired) electrons. The van der Waals surface area contributed by atoms with Crippen LogP contribution in [0.2, 0.25) is 0 Å². The van der Waals surface area contributed by atoms with Crippen molar-refractivity contribution in [2.45, 2.75) is 19.2 Å². The summed E-state index contributed by atoms with van der Waals surface area (Å²) in [5.74, 6) is 0. The van der Waals surface area contributed by atoms with Gasteiger partial charge in [0.05, 0.1) is 0 Å². The van der Waals surface area contributed by atoms with Crippen LogP contribution < -0.4 is 5.73 Å². The fourth-order valence-corrected chi connectivity index (χ4v) is 2.03. The van der Waals surface area contributed by atoms with Crippen LogP contribution in [0.5, 0.6) is 0 Å². The fraction of sp³-hybridized carbons (Fsp3) is 0.556. The Morgan fingerprint density at radius 3 is 2.53 bits per heavy atom. The maximum absolute atomic E-state index is 11.9. The Hall–Kier alpha value is -0.590. The first-order valence-corrected chi connectivity index (χ1v) is 5.19. The third kappa shape index (κ3) is 4.19. The van der Waals surface area contributed by atoms with Crippen LogP contribution in [0.4, 0.5) is 13.2 Å². The first-order chi connectivity index (χ1) is 6.92. The predicted molar refractivity (Wildman–Crippen MR) is 52.9 cm³/mol. The molecule has 15 heavy (non-hydrogen) atoms. The zero-order valence-corrected chi connectivity index (χ0v) is 8.99. The van der Waals surface area contributed by atoms with Crippen LogP contribution in [0, 0.1) is 6.92 Å². The molecular weight excluding hydrogens is 227 g/mol. The van der Waals surface area contributed by atoms with Crippen LogP contribution in [-0.4, -0.2) is 19.3 Å². The number of alkyl halides is 3. The predicted octanol–water partition coefficient (Wildman–Crippen LogP) is 2.64. The van der Waals surface area contributed by atoms with Crippen LogP contribution in [0.25, 0.3) is 0 Å². The molecule has 0 fully saturated rings. The first-order valence-electron chi connectivity index (χ1n) is 4.37. The molecule has 2 N–H and O–H groups in total. The number of nitrogens with two attached hydrogens (primary N) is 1. The molecule has 2 nitrogen and oxygen atoms in total. The molecule has 0 bridgehead atoms. The average molecular weight is 239 g/mol. The van der Waals surface area contributed by atoms with Gasteiger partial charge < -0.3 is 10.5 Å². The first kappa shape index (κ1) is 12.5. The van der Waals surface area contributed by atoms with Crippen molar-refractivity contribution in [2.75, 3.05) is 13.2 Å². The molecule has 0 spiro atoms. The largest absolute Gasteiger partial charge is 0.411 e. The Balaban J connectivity index is 2.57. The van der Waals surface area contributed by atoms with E-state index in [1.54, 1.807) is 6.07 Å². The molecule has 1 rings (SSSR count). The van der Waals surface area contributed by atoms with Crippen molar-refractivity contribution < 1.29 is 17.9 Å². The van der Waals surface area contributed by atoms with E-state index in [-0.39, 0.29) is 6.54 Å². The number of aryl methyl sites for hydroxylation is 1. The molecule has 0 aliphatic rings. The Labute approximate surface area is 89.8 Å². The van der Waals surface area contributed by atoms with Gasteiger partial charge in [0.2, 0.25) is 0 Å². The Kier molecular flexibility index (Phi) is 4.12. The summed E-state index contributed by atoms with van der Waals surface area (Å²) >= 11 is 1.40. The average Bonchev–Trinajstić information content (AvgIpc) is 2.51. The van der Waals surface area contributed by atoms with Crippen molar-refractivity contribution in [2.24, 2.45) is 5.73 Å². The third-order valence-electron chi connectivity index (χ3n) is 1.74. The summed E-state index contributed by atoms with van der Waals surface area (Å²) in [5.41, 5.74) is 5.36. The lowest BCUT2D eigenvalue weighted by Gasteiger charge is -2.15. The van der Waals surface area contributed by atoms with Gasteiger partial charge in [-0.25, -0.2) is 0 Å². The summed E-state index contributed by atoms with van der Waals surface area (Å²) in [6, 6.07) is 3.58. The Morgan fingerprint density at radius 2 is 2.13 bits per heavy atom. The zero-order chi connectivity index (χ0) is 11.5. The summed E-state index contributed by atoms with van der Waals surface area (Å²) in [5, 5.41) is 0. The lowest BCUT2D eigenvalue weighted by Crippen LogP contribution is -2.23. The van der Waals surface area contributed by atoms with Crippen LogP contribution >= 0.6 is 11.3 Å². The van der Waals surface area contributed by atoms with Crippen molar-refractivity contribution >= 4 is 11.3 Å². The number of halogens is 3. The monoisotopic (exact) mass is 239 g/mol. The number of hydrogen-bond acceptors (Lipinski definition) is 3. The van der Waals surface area contributed by atoms with Gasteiger partial charge in [-0.1, -0.05) is 0 Å². The van der Waals surface area contributed by atoms with Gasteiger partial charge in [-0.05, 0) is 19.1 Å². The zero-order valence-electron chi connectivity index (χ0n) is 8.17. The van der Waals surface area contributed by atoms with Gasteiger partial charge in [0.15, 0.2) is 0 Å². The van der Waals surface area contributed by atoms with E-state index in [0.29, 0.717) is 0 Å². The molecule has 0 amide bonds. The molecule has 1 aromatic heterocycles. The second kappa shape index (κ2) is 4.96. The van der Waals surface area contributed by atoms with Crippen LogP contribution in [0.3, 0.4) is 0 Å². The standard InChI is InChI=1S/C9H12F3NOS/c1-6-2-3-8(15-6)7(4-13)14-5-9(10,11)12/h2-3,7H,4-5,13H2,1H3. The van der Waals surface area contributed by atoms with Gasteiger partial charge >= 0.3 is 6.18 Å². The van der Waals surface area contributed by atoms with E-state index in [4.69, 9.17) is 10.5 Å². The van der Waals surface area contributed by atoms with Crippen molar-refractivity contribution in [3.05, 3.63) is 21.9 Å². The maximum atomic E-state index is 11.9. The van der Waals surface area contributed by atoms with E-state index in [1.807, 2.05) is 13.0 Å².